The molecule has 2 aromatic rings. The zero-order valence-corrected chi connectivity index (χ0v) is 11.1. The van der Waals surface area contributed by atoms with Crippen molar-refractivity contribution < 1.29 is 9.13 Å². The van der Waals surface area contributed by atoms with E-state index in [1.807, 2.05) is 44.2 Å². The lowest BCUT2D eigenvalue weighted by atomic mass is 10.1. The summed E-state index contributed by atoms with van der Waals surface area (Å²) >= 11 is 0. The molecule has 2 atom stereocenters. The van der Waals surface area contributed by atoms with E-state index in [0.29, 0.717) is 0 Å². The van der Waals surface area contributed by atoms with Crippen LogP contribution in [0.2, 0.25) is 0 Å². The van der Waals surface area contributed by atoms with Crippen LogP contribution < -0.4 is 10.5 Å². The molecule has 0 saturated heterocycles. The molecule has 1 unspecified atom stereocenters. The van der Waals surface area contributed by atoms with E-state index in [0.717, 1.165) is 11.1 Å². The van der Waals surface area contributed by atoms with Gasteiger partial charge in [-0.25, -0.2) is 4.39 Å². The maximum Gasteiger partial charge on any atom is 0.165 e. The van der Waals surface area contributed by atoms with E-state index in [1.54, 1.807) is 12.1 Å². The lowest BCUT2D eigenvalue weighted by Gasteiger charge is -2.16. The summed E-state index contributed by atoms with van der Waals surface area (Å²) in [5.41, 5.74) is 7.49. The molecule has 0 aliphatic rings. The maximum atomic E-state index is 13.9. The number of rotatable bonds is 4. The minimum absolute atomic E-state index is 0.185. The third kappa shape index (κ3) is 3.32. The number of benzene rings is 2. The van der Waals surface area contributed by atoms with Crippen LogP contribution in [-0.4, -0.2) is 0 Å². The Morgan fingerprint density at radius 3 is 2.26 bits per heavy atom. The highest BCUT2D eigenvalue weighted by molar-refractivity contribution is 5.31. The zero-order chi connectivity index (χ0) is 13.8. The van der Waals surface area contributed by atoms with Crippen LogP contribution in [0.3, 0.4) is 0 Å². The molecular formula is C16H18FNO. The van der Waals surface area contributed by atoms with Crippen molar-refractivity contribution in [2.45, 2.75) is 26.0 Å². The van der Waals surface area contributed by atoms with Crippen molar-refractivity contribution in [3.63, 3.8) is 0 Å². The average Bonchev–Trinajstić information content (AvgIpc) is 2.41. The van der Waals surface area contributed by atoms with E-state index >= 15 is 0 Å². The Kier molecular flexibility index (Phi) is 4.17. The fourth-order valence-electron chi connectivity index (χ4n) is 1.88. The van der Waals surface area contributed by atoms with Crippen LogP contribution in [0.25, 0.3) is 0 Å². The molecule has 0 fully saturated rings. The summed E-state index contributed by atoms with van der Waals surface area (Å²) < 4.78 is 19.6. The Balaban J connectivity index is 2.15. The Bertz CT molecular complexity index is 540. The number of halogens is 1. The number of hydrogen-bond donors (Lipinski definition) is 1. The molecule has 0 spiro atoms. The van der Waals surface area contributed by atoms with Crippen molar-refractivity contribution in [2.75, 3.05) is 0 Å². The van der Waals surface area contributed by atoms with Gasteiger partial charge in [0, 0.05) is 6.04 Å². The van der Waals surface area contributed by atoms with Crippen molar-refractivity contribution in [1.29, 1.82) is 0 Å². The first-order valence-corrected chi connectivity index (χ1v) is 6.34. The van der Waals surface area contributed by atoms with E-state index in [1.165, 1.54) is 6.07 Å². The van der Waals surface area contributed by atoms with Gasteiger partial charge in [-0.2, -0.15) is 0 Å². The minimum atomic E-state index is -0.377. The molecule has 0 bridgehead atoms. The Morgan fingerprint density at radius 2 is 1.68 bits per heavy atom. The predicted octanol–water partition coefficient (Wildman–Crippen LogP) is 3.99. The minimum Gasteiger partial charge on any atom is -0.483 e. The third-order valence-corrected chi connectivity index (χ3v) is 3.05. The molecule has 0 heterocycles. The van der Waals surface area contributed by atoms with E-state index in [4.69, 9.17) is 10.5 Å². The SMILES string of the molecule is CC(Oc1ccc([C@@H](C)N)cc1F)c1ccccc1. The second-order valence-electron chi connectivity index (χ2n) is 4.65. The van der Waals surface area contributed by atoms with Gasteiger partial charge in [0.25, 0.3) is 0 Å². The van der Waals surface area contributed by atoms with E-state index in [2.05, 4.69) is 0 Å². The monoisotopic (exact) mass is 259 g/mol. The Morgan fingerprint density at radius 1 is 1.00 bits per heavy atom. The van der Waals surface area contributed by atoms with Gasteiger partial charge < -0.3 is 10.5 Å². The van der Waals surface area contributed by atoms with Gasteiger partial charge in [-0.15, -0.1) is 0 Å². The smallest absolute Gasteiger partial charge is 0.165 e. The second kappa shape index (κ2) is 5.85. The van der Waals surface area contributed by atoms with Gasteiger partial charge in [0.2, 0.25) is 0 Å². The molecule has 0 aliphatic carbocycles. The highest BCUT2D eigenvalue weighted by atomic mass is 19.1. The second-order valence-corrected chi connectivity index (χ2v) is 4.65. The predicted molar refractivity (Wildman–Crippen MR) is 74.5 cm³/mol. The fourth-order valence-corrected chi connectivity index (χ4v) is 1.88. The summed E-state index contributed by atoms with van der Waals surface area (Å²) in [4.78, 5) is 0. The molecule has 19 heavy (non-hydrogen) atoms. The molecule has 2 aromatic carbocycles. The molecule has 0 aliphatic heterocycles. The van der Waals surface area contributed by atoms with Crippen LogP contribution >= 0.6 is 0 Å². The lowest BCUT2D eigenvalue weighted by Crippen LogP contribution is -2.07. The van der Waals surface area contributed by atoms with E-state index in [9.17, 15) is 4.39 Å². The molecule has 0 amide bonds. The summed E-state index contributed by atoms with van der Waals surface area (Å²) in [6.07, 6.45) is -0.197. The van der Waals surface area contributed by atoms with Crippen LogP contribution in [0.1, 0.15) is 37.1 Å². The molecular weight excluding hydrogens is 241 g/mol. The molecule has 3 heteroatoms. The average molecular weight is 259 g/mol. The van der Waals surface area contributed by atoms with Crippen LogP contribution in [-0.2, 0) is 0 Å². The first-order valence-electron chi connectivity index (χ1n) is 6.34. The summed E-state index contributed by atoms with van der Waals surface area (Å²) in [7, 11) is 0. The molecule has 100 valence electrons. The number of nitrogens with two attached hydrogens (primary N) is 1. The van der Waals surface area contributed by atoms with E-state index in [-0.39, 0.29) is 23.7 Å². The standard InChI is InChI=1S/C16H18FNO/c1-11(18)14-8-9-16(15(17)10-14)19-12(2)13-6-4-3-5-7-13/h3-12H,18H2,1-2H3/t11-,12?/m1/s1. The third-order valence-electron chi connectivity index (χ3n) is 3.05. The quantitative estimate of drug-likeness (QED) is 0.901. The fraction of sp³-hybridized carbons (Fsp3) is 0.250. The molecule has 2 rings (SSSR count). The number of hydrogen-bond acceptors (Lipinski definition) is 2. The van der Waals surface area contributed by atoms with Crippen LogP contribution in [0, 0.1) is 5.82 Å². The summed E-state index contributed by atoms with van der Waals surface area (Å²) in [5, 5.41) is 0. The Labute approximate surface area is 113 Å². The van der Waals surface area contributed by atoms with Crippen molar-refractivity contribution in [2.24, 2.45) is 5.73 Å². The maximum absolute atomic E-state index is 13.9. The van der Waals surface area contributed by atoms with Gasteiger partial charge in [0.05, 0.1) is 0 Å². The first-order chi connectivity index (χ1) is 9.08. The van der Waals surface area contributed by atoms with E-state index < -0.39 is 0 Å². The summed E-state index contributed by atoms with van der Waals surface area (Å²) in [6.45, 7) is 3.72. The summed E-state index contributed by atoms with van der Waals surface area (Å²) in [6, 6.07) is 14.4. The van der Waals surface area contributed by atoms with Gasteiger partial charge in [-0.1, -0.05) is 36.4 Å². The number of ether oxygens (including phenoxy) is 1. The highest BCUT2D eigenvalue weighted by Gasteiger charge is 2.11. The van der Waals surface area contributed by atoms with Gasteiger partial charge in [-0.05, 0) is 37.1 Å². The zero-order valence-electron chi connectivity index (χ0n) is 11.1. The van der Waals surface area contributed by atoms with Gasteiger partial charge in [0.15, 0.2) is 11.6 Å². The topological polar surface area (TPSA) is 35.2 Å². The Hall–Kier alpha value is -1.87. The van der Waals surface area contributed by atoms with Crippen LogP contribution in [0.15, 0.2) is 48.5 Å². The molecule has 2 nitrogen and oxygen atoms in total. The first kappa shape index (κ1) is 13.6. The highest BCUT2D eigenvalue weighted by Crippen LogP contribution is 2.26. The summed E-state index contributed by atoms with van der Waals surface area (Å²) in [5.74, 6) is -0.127. The van der Waals surface area contributed by atoms with Gasteiger partial charge >= 0.3 is 0 Å². The van der Waals surface area contributed by atoms with Gasteiger partial charge in [0.1, 0.15) is 6.10 Å². The lowest BCUT2D eigenvalue weighted by molar-refractivity contribution is 0.216. The van der Waals surface area contributed by atoms with Crippen molar-refractivity contribution in [3.05, 3.63) is 65.5 Å². The van der Waals surface area contributed by atoms with Crippen molar-refractivity contribution in [3.8, 4) is 5.75 Å². The van der Waals surface area contributed by atoms with Gasteiger partial charge in [-0.3, -0.25) is 0 Å². The van der Waals surface area contributed by atoms with Crippen molar-refractivity contribution in [1.82, 2.24) is 0 Å². The molecule has 0 radical (unpaired) electrons. The van der Waals surface area contributed by atoms with Crippen molar-refractivity contribution >= 4 is 0 Å². The molecule has 0 aromatic heterocycles. The van der Waals surface area contributed by atoms with Crippen LogP contribution in [0.4, 0.5) is 4.39 Å². The molecule has 2 N–H and O–H groups in total. The largest absolute Gasteiger partial charge is 0.483 e. The molecule has 0 saturated carbocycles. The normalized spacial score (nSPS) is 13.9. The van der Waals surface area contributed by atoms with Crippen LogP contribution in [0.5, 0.6) is 5.75 Å².